The van der Waals surface area contributed by atoms with E-state index in [1.807, 2.05) is 0 Å². The Labute approximate surface area is 107 Å². The van der Waals surface area contributed by atoms with E-state index in [1.165, 1.54) is 14.2 Å². The standard InChI is InChI=1S/C11H23NO6/c1-15-7-11(16-2)10(14)9(13)8(18-11)6-17-5-3-4-12/h8-10,13-14H,3-7,12H2,1-2H3/t8-,9+,10-,11?/m1/s1. The van der Waals surface area contributed by atoms with Gasteiger partial charge in [0.05, 0.1) is 6.61 Å². The molecule has 4 N–H and O–H groups in total. The summed E-state index contributed by atoms with van der Waals surface area (Å²) in [5.41, 5.74) is 5.34. The number of aliphatic hydroxyl groups excluding tert-OH is 2. The highest BCUT2D eigenvalue weighted by Crippen LogP contribution is 2.32. The van der Waals surface area contributed by atoms with Crippen molar-refractivity contribution in [2.75, 3.05) is 40.6 Å². The Morgan fingerprint density at radius 2 is 2.06 bits per heavy atom. The van der Waals surface area contributed by atoms with Gasteiger partial charge in [0.25, 0.3) is 0 Å². The number of methoxy groups -OCH3 is 2. The molecular weight excluding hydrogens is 242 g/mol. The van der Waals surface area contributed by atoms with Crippen LogP contribution in [0.1, 0.15) is 6.42 Å². The molecule has 1 heterocycles. The predicted octanol–water partition coefficient (Wildman–Crippen LogP) is -1.54. The maximum Gasteiger partial charge on any atom is 0.221 e. The average Bonchev–Trinajstić information content (AvgIpc) is 2.61. The molecule has 0 saturated carbocycles. The largest absolute Gasteiger partial charge is 0.387 e. The molecule has 108 valence electrons. The van der Waals surface area contributed by atoms with Gasteiger partial charge < -0.3 is 34.9 Å². The van der Waals surface area contributed by atoms with E-state index in [9.17, 15) is 10.2 Å². The Bertz CT molecular complexity index is 242. The van der Waals surface area contributed by atoms with Crippen LogP contribution in [-0.4, -0.2) is 74.9 Å². The third kappa shape index (κ3) is 3.39. The van der Waals surface area contributed by atoms with Crippen molar-refractivity contribution >= 4 is 0 Å². The first-order valence-electron chi connectivity index (χ1n) is 5.97. The summed E-state index contributed by atoms with van der Waals surface area (Å²) < 4.78 is 21.0. The fourth-order valence-electron chi connectivity index (χ4n) is 1.93. The van der Waals surface area contributed by atoms with Gasteiger partial charge >= 0.3 is 0 Å². The van der Waals surface area contributed by atoms with E-state index in [-0.39, 0.29) is 13.2 Å². The van der Waals surface area contributed by atoms with Crippen molar-refractivity contribution in [3.8, 4) is 0 Å². The summed E-state index contributed by atoms with van der Waals surface area (Å²) in [7, 11) is 2.86. The molecule has 7 heteroatoms. The SMILES string of the molecule is COCC1(OC)O[C@H](COCCCN)[C@H](O)[C@H]1O. The second-order valence-corrected chi connectivity index (χ2v) is 4.26. The van der Waals surface area contributed by atoms with Gasteiger partial charge in [-0.05, 0) is 13.0 Å². The van der Waals surface area contributed by atoms with Crippen LogP contribution in [0, 0.1) is 0 Å². The fraction of sp³-hybridized carbons (Fsp3) is 1.00. The molecule has 0 aromatic heterocycles. The molecule has 7 nitrogen and oxygen atoms in total. The highest BCUT2D eigenvalue weighted by atomic mass is 16.7. The Kier molecular flexibility index (Phi) is 6.44. The molecule has 0 bridgehead atoms. The minimum Gasteiger partial charge on any atom is -0.387 e. The molecule has 4 atom stereocenters. The normalized spacial score (nSPS) is 36.2. The van der Waals surface area contributed by atoms with Gasteiger partial charge in [-0.25, -0.2) is 0 Å². The maximum absolute atomic E-state index is 9.96. The maximum atomic E-state index is 9.96. The van der Waals surface area contributed by atoms with E-state index in [4.69, 9.17) is 24.7 Å². The van der Waals surface area contributed by atoms with E-state index in [0.29, 0.717) is 13.2 Å². The predicted molar refractivity (Wildman–Crippen MR) is 63.0 cm³/mol. The zero-order valence-electron chi connectivity index (χ0n) is 10.9. The monoisotopic (exact) mass is 265 g/mol. The quantitative estimate of drug-likeness (QED) is 0.457. The molecule has 1 aliphatic heterocycles. The summed E-state index contributed by atoms with van der Waals surface area (Å²) in [5, 5.41) is 19.8. The molecular formula is C11H23NO6. The number of aliphatic hydroxyl groups is 2. The van der Waals surface area contributed by atoms with Crippen molar-refractivity contribution in [1.82, 2.24) is 0 Å². The Morgan fingerprint density at radius 3 is 2.61 bits per heavy atom. The van der Waals surface area contributed by atoms with Crippen molar-refractivity contribution < 1.29 is 29.2 Å². The molecule has 1 aliphatic rings. The van der Waals surface area contributed by atoms with Crippen molar-refractivity contribution in [3.63, 3.8) is 0 Å². The Morgan fingerprint density at radius 1 is 1.33 bits per heavy atom. The van der Waals surface area contributed by atoms with Crippen LogP contribution in [0.15, 0.2) is 0 Å². The summed E-state index contributed by atoms with van der Waals surface area (Å²) in [4.78, 5) is 0. The number of nitrogens with two attached hydrogens (primary N) is 1. The van der Waals surface area contributed by atoms with Gasteiger partial charge in [0.15, 0.2) is 0 Å². The second kappa shape index (κ2) is 7.34. The summed E-state index contributed by atoms with van der Waals surface area (Å²) in [6.07, 6.45) is -2.16. The van der Waals surface area contributed by atoms with Gasteiger partial charge in [-0.3, -0.25) is 0 Å². The zero-order valence-corrected chi connectivity index (χ0v) is 10.9. The fourth-order valence-corrected chi connectivity index (χ4v) is 1.93. The molecule has 0 spiro atoms. The van der Waals surface area contributed by atoms with Crippen LogP contribution in [0.5, 0.6) is 0 Å². The van der Waals surface area contributed by atoms with Crippen molar-refractivity contribution in [2.45, 2.75) is 30.5 Å². The lowest BCUT2D eigenvalue weighted by Crippen LogP contribution is -2.48. The third-order valence-corrected chi connectivity index (χ3v) is 2.97. The molecule has 18 heavy (non-hydrogen) atoms. The van der Waals surface area contributed by atoms with Crippen LogP contribution in [0.25, 0.3) is 0 Å². The molecule has 1 fully saturated rings. The van der Waals surface area contributed by atoms with Crippen molar-refractivity contribution in [1.29, 1.82) is 0 Å². The van der Waals surface area contributed by atoms with Crippen LogP contribution in [-0.2, 0) is 18.9 Å². The van der Waals surface area contributed by atoms with Crippen LogP contribution < -0.4 is 5.73 Å². The molecule has 0 amide bonds. The smallest absolute Gasteiger partial charge is 0.221 e. The van der Waals surface area contributed by atoms with Gasteiger partial charge in [-0.1, -0.05) is 0 Å². The Hall–Kier alpha value is -0.280. The molecule has 1 unspecified atom stereocenters. The Balaban J connectivity index is 2.51. The van der Waals surface area contributed by atoms with E-state index in [2.05, 4.69) is 0 Å². The van der Waals surface area contributed by atoms with Crippen LogP contribution >= 0.6 is 0 Å². The summed E-state index contributed by atoms with van der Waals surface area (Å²) in [5.74, 6) is -1.34. The first-order chi connectivity index (χ1) is 8.61. The van der Waals surface area contributed by atoms with E-state index >= 15 is 0 Å². The van der Waals surface area contributed by atoms with Crippen molar-refractivity contribution in [2.24, 2.45) is 5.73 Å². The first kappa shape index (κ1) is 15.8. The lowest BCUT2D eigenvalue weighted by Gasteiger charge is -2.29. The van der Waals surface area contributed by atoms with Crippen LogP contribution in [0.3, 0.4) is 0 Å². The average molecular weight is 265 g/mol. The number of hydrogen-bond acceptors (Lipinski definition) is 7. The molecule has 0 radical (unpaired) electrons. The minimum absolute atomic E-state index is 0.0288. The topological polar surface area (TPSA) is 103 Å². The lowest BCUT2D eigenvalue weighted by molar-refractivity contribution is -0.267. The van der Waals surface area contributed by atoms with Crippen molar-refractivity contribution in [3.05, 3.63) is 0 Å². The highest BCUT2D eigenvalue weighted by Gasteiger charge is 2.55. The van der Waals surface area contributed by atoms with E-state index < -0.39 is 24.1 Å². The second-order valence-electron chi connectivity index (χ2n) is 4.26. The highest BCUT2D eigenvalue weighted by molar-refractivity contribution is 4.96. The van der Waals surface area contributed by atoms with E-state index in [0.717, 1.165) is 6.42 Å². The number of rotatable bonds is 8. The van der Waals surface area contributed by atoms with Gasteiger partial charge in [0.1, 0.15) is 24.9 Å². The van der Waals surface area contributed by atoms with Crippen LogP contribution in [0.2, 0.25) is 0 Å². The summed E-state index contributed by atoms with van der Waals surface area (Å²) >= 11 is 0. The van der Waals surface area contributed by atoms with Crippen LogP contribution in [0.4, 0.5) is 0 Å². The summed E-state index contributed by atoms with van der Waals surface area (Å²) in [6, 6.07) is 0. The minimum atomic E-state index is -1.34. The molecule has 0 aromatic rings. The number of hydrogen-bond donors (Lipinski definition) is 3. The number of ether oxygens (including phenoxy) is 4. The molecule has 0 aromatic carbocycles. The first-order valence-corrected chi connectivity index (χ1v) is 5.97. The molecule has 1 saturated heterocycles. The third-order valence-electron chi connectivity index (χ3n) is 2.97. The molecule has 0 aliphatic carbocycles. The summed E-state index contributed by atoms with van der Waals surface area (Å²) in [6.45, 7) is 1.24. The van der Waals surface area contributed by atoms with E-state index in [1.54, 1.807) is 0 Å². The molecule has 1 rings (SSSR count). The van der Waals surface area contributed by atoms with Gasteiger partial charge in [-0.15, -0.1) is 0 Å². The van der Waals surface area contributed by atoms with Gasteiger partial charge in [0.2, 0.25) is 5.79 Å². The zero-order chi connectivity index (χ0) is 13.6. The van der Waals surface area contributed by atoms with Gasteiger partial charge in [-0.2, -0.15) is 0 Å². The lowest BCUT2D eigenvalue weighted by atomic mass is 10.1. The van der Waals surface area contributed by atoms with Gasteiger partial charge in [0, 0.05) is 20.8 Å².